The molecule has 0 unspecified atom stereocenters. The number of rotatable bonds is 6. The van der Waals surface area contributed by atoms with Crippen molar-refractivity contribution in [1.29, 1.82) is 0 Å². The zero-order valence-electron chi connectivity index (χ0n) is 15.4. The normalized spacial score (nSPS) is 25.2. The molecule has 3 heterocycles. The van der Waals surface area contributed by atoms with Crippen molar-refractivity contribution >= 4 is 5.91 Å². The molecule has 138 valence electrons. The highest BCUT2D eigenvalue weighted by molar-refractivity contribution is 5.79. The second kappa shape index (κ2) is 8.72. The highest BCUT2D eigenvalue weighted by Gasteiger charge is 2.34. The summed E-state index contributed by atoms with van der Waals surface area (Å²) in [4.78, 5) is 23.8. The summed E-state index contributed by atoms with van der Waals surface area (Å²) in [6, 6.07) is 0.244. The third kappa shape index (κ3) is 4.98. The van der Waals surface area contributed by atoms with Crippen LogP contribution < -0.4 is 5.32 Å². The SMILES string of the molecule is CCC[C@@H]1CN(Cc2cnc(C)cn2)C[C@H]1NC(=O)C1CCOCC1. The molecule has 6 heteroatoms. The molecule has 3 rings (SSSR count). The zero-order valence-corrected chi connectivity index (χ0v) is 15.4. The zero-order chi connectivity index (χ0) is 17.6. The van der Waals surface area contributed by atoms with E-state index in [1.165, 1.54) is 0 Å². The Kier molecular flexibility index (Phi) is 6.37. The minimum absolute atomic E-state index is 0.119. The predicted molar refractivity (Wildman–Crippen MR) is 95.9 cm³/mol. The van der Waals surface area contributed by atoms with Crippen LogP contribution in [-0.4, -0.2) is 53.1 Å². The highest BCUT2D eigenvalue weighted by Crippen LogP contribution is 2.24. The smallest absolute Gasteiger partial charge is 0.223 e. The van der Waals surface area contributed by atoms with Gasteiger partial charge in [-0.1, -0.05) is 13.3 Å². The van der Waals surface area contributed by atoms with Gasteiger partial charge in [0.05, 0.1) is 11.4 Å². The molecule has 25 heavy (non-hydrogen) atoms. The van der Waals surface area contributed by atoms with Crippen LogP contribution in [0.1, 0.15) is 44.0 Å². The van der Waals surface area contributed by atoms with Crippen molar-refractivity contribution in [2.24, 2.45) is 11.8 Å². The number of aromatic nitrogens is 2. The lowest BCUT2D eigenvalue weighted by atomic mass is 9.95. The monoisotopic (exact) mass is 346 g/mol. The van der Waals surface area contributed by atoms with E-state index in [0.717, 1.165) is 56.7 Å². The molecule has 2 atom stereocenters. The van der Waals surface area contributed by atoms with E-state index in [-0.39, 0.29) is 17.9 Å². The first-order valence-corrected chi connectivity index (χ1v) is 9.53. The Balaban J connectivity index is 1.57. The first kappa shape index (κ1) is 18.3. The molecule has 0 saturated carbocycles. The van der Waals surface area contributed by atoms with Crippen molar-refractivity contribution in [2.45, 2.75) is 52.1 Å². The number of likely N-dealkylation sites (tertiary alicyclic amines) is 1. The average Bonchev–Trinajstić information content (AvgIpc) is 2.99. The molecule has 2 fully saturated rings. The number of carbonyl (C=O) groups is 1. The number of aryl methyl sites for hydroxylation is 1. The molecule has 0 bridgehead atoms. The van der Waals surface area contributed by atoms with Crippen molar-refractivity contribution < 1.29 is 9.53 Å². The Bertz CT molecular complexity index is 557. The van der Waals surface area contributed by atoms with Gasteiger partial charge in [-0.25, -0.2) is 0 Å². The van der Waals surface area contributed by atoms with E-state index >= 15 is 0 Å². The van der Waals surface area contributed by atoms with Crippen LogP contribution in [0.3, 0.4) is 0 Å². The van der Waals surface area contributed by atoms with Gasteiger partial charge in [0.15, 0.2) is 0 Å². The van der Waals surface area contributed by atoms with Crippen LogP contribution in [0, 0.1) is 18.8 Å². The molecule has 2 aliphatic rings. The van der Waals surface area contributed by atoms with E-state index in [4.69, 9.17) is 4.74 Å². The fourth-order valence-electron chi connectivity index (χ4n) is 3.91. The Morgan fingerprint density at radius 3 is 2.76 bits per heavy atom. The second-order valence-electron chi connectivity index (χ2n) is 7.39. The maximum Gasteiger partial charge on any atom is 0.223 e. The van der Waals surface area contributed by atoms with Crippen LogP contribution in [0.25, 0.3) is 0 Å². The van der Waals surface area contributed by atoms with Crippen molar-refractivity contribution in [3.63, 3.8) is 0 Å². The number of amides is 1. The van der Waals surface area contributed by atoms with E-state index in [9.17, 15) is 4.79 Å². The van der Waals surface area contributed by atoms with Gasteiger partial charge in [-0.15, -0.1) is 0 Å². The lowest BCUT2D eigenvalue weighted by Crippen LogP contribution is -2.44. The average molecular weight is 346 g/mol. The van der Waals surface area contributed by atoms with Crippen molar-refractivity contribution in [2.75, 3.05) is 26.3 Å². The molecule has 0 aliphatic carbocycles. The summed E-state index contributed by atoms with van der Waals surface area (Å²) < 4.78 is 5.37. The Labute approximate surface area is 150 Å². The first-order valence-electron chi connectivity index (χ1n) is 9.53. The van der Waals surface area contributed by atoms with E-state index in [1.807, 2.05) is 19.3 Å². The van der Waals surface area contributed by atoms with Crippen LogP contribution in [0.2, 0.25) is 0 Å². The third-order valence-electron chi connectivity index (χ3n) is 5.32. The lowest BCUT2D eigenvalue weighted by Gasteiger charge is -2.25. The fraction of sp³-hybridized carbons (Fsp3) is 0.737. The maximum absolute atomic E-state index is 12.6. The summed E-state index contributed by atoms with van der Waals surface area (Å²) in [7, 11) is 0. The van der Waals surface area contributed by atoms with Gasteiger partial charge in [-0.3, -0.25) is 19.7 Å². The van der Waals surface area contributed by atoms with Gasteiger partial charge >= 0.3 is 0 Å². The summed E-state index contributed by atoms with van der Waals surface area (Å²) in [5.74, 6) is 0.853. The minimum Gasteiger partial charge on any atom is -0.381 e. The van der Waals surface area contributed by atoms with Crippen LogP contribution >= 0.6 is 0 Å². The number of ether oxygens (including phenoxy) is 1. The molecule has 2 saturated heterocycles. The van der Waals surface area contributed by atoms with Crippen LogP contribution in [0.5, 0.6) is 0 Å². The number of nitrogens with zero attached hydrogens (tertiary/aromatic N) is 3. The van der Waals surface area contributed by atoms with E-state index in [2.05, 4.69) is 27.1 Å². The Hall–Kier alpha value is -1.53. The summed E-state index contributed by atoms with van der Waals surface area (Å²) in [6.07, 6.45) is 7.66. The molecule has 1 amide bonds. The van der Waals surface area contributed by atoms with Crippen molar-refractivity contribution in [3.8, 4) is 0 Å². The van der Waals surface area contributed by atoms with Gasteiger partial charge in [0.1, 0.15) is 0 Å². The number of hydrogen-bond donors (Lipinski definition) is 1. The van der Waals surface area contributed by atoms with Gasteiger partial charge in [-0.05, 0) is 32.1 Å². The predicted octanol–water partition coefficient (Wildman–Crippen LogP) is 1.93. The fourth-order valence-corrected chi connectivity index (χ4v) is 3.91. The molecule has 0 aromatic carbocycles. The molecular weight excluding hydrogens is 316 g/mol. The molecule has 0 spiro atoms. The molecule has 2 aliphatic heterocycles. The summed E-state index contributed by atoms with van der Waals surface area (Å²) >= 11 is 0. The largest absolute Gasteiger partial charge is 0.381 e. The molecule has 1 aromatic rings. The lowest BCUT2D eigenvalue weighted by molar-refractivity contribution is -0.128. The quantitative estimate of drug-likeness (QED) is 0.852. The first-order chi connectivity index (χ1) is 12.2. The van der Waals surface area contributed by atoms with Gasteiger partial charge < -0.3 is 10.1 Å². The second-order valence-corrected chi connectivity index (χ2v) is 7.39. The summed E-state index contributed by atoms with van der Waals surface area (Å²) in [5, 5.41) is 3.34. The molecule has 6 nitrogen and oxygen atoms in total. The van der Waals surface area contributed by atoms with Gasteiger partial charge in [-0.2, -0.15) is 0 Å². The van der Waals surface area contributed by atoms with Gasteiger partial charge in [0, 0.05) is 57.2 Å². The topological polar surface area (TPSA) is 67.4 Å². The van der Waals surface area contributed by atoms with Gasteiger partial charge in [0.25, 0.3) is 0 Å². The third-order valence-corrected chi connectivity index (χ3v) is 5.32. The number of nitrogens with one attached hydrogen (secondary N) is 1. The standard InChI is InChI=1S/C19H30N4O2/c1-3-4-16-11-23(12-17-10-20-14(2)9-21-17)13-18(16)22-19(24)15-5-7-25-8-6-15/h9-10,15-16,18H,3-8,11-13H2,1-2H3,(H,22,24)/t16-,18-/m1/s1. The van der Waals surface area contributed by atoms with Crippen LogP contribution in [-0.2, 0) is 16.1 Å². The Morgan fingerprint density at radius 1 is 1.28 bits per heavy atom. The van der Waals surface area contributed by atoms with Crippen molar-refractivity contribution in [3.05, 3.63) is 23.8 Å². The maximum atomic E-state index is 12.6. The van der Waals surface area contributed by atoms with Crippen LogP contribution in [0.15, 0.2) is 12.4 Å². The summed E-state index contributed by atoms with van der Waals surface area (Å²) in [6.45, 7) is 8.30. The number of hydrogen-bond acceptors (Lipinski definition) is 5. The molecule has 1 N–H and O–H groups in total. The molecular formula is C19H30N4O2. The van der Waals surface area contributed by atoms with Crippen LogP contribution in [0.4, 0.5) is 0 Å². The number of carbonyl (C=O) groups excluding carboxylic acids is 1. The minimum atomic E-state index is 0.119. The van der Waals surface area contributed by atoms with Gasteiger partial charge in [0.2, 0.25) is 5.91 Å². The van der Waals surface area contributed by atoms with Crippen molar-refractivity contribution in [1.82, 2.24) is 20.2 Å². The summed E-state index contributed by atoms with van der Waals surface area (Å²) in [5.41, 5.74) is 1.94. The molecule has 0 radical (unpaired) electrons. The molecule has 1 aromatic heterocycles. The van der Waals surface area contributed by atoms with E-state index in [1.54, 1.807) is 0 Å². The van der Waals surface area contributed by atoms with E-state index in [0.29, 0.717) is 19.1 Å². The van der Waals surface area contributed by atoms with E-state index < -0.39 is 0 Å². The Morgan fingerprint density at radius 2 is 2.08 bits per heavy atom. The highest BCUT2D eigenvalue weighted by atomic mass is 16.5.